The topological polar surface area (TPSA) is 93.2 Å². The van der Waals surface area contributed by atoms with Gasteiger partial charge in [0.1, 0.15) is 12.2 Å². The molecule has 0 saturated carbocycles. The molecule has 22 heavy (non-hydrogen) atoms. The lowest BCUT2D eigenvalue weighted by Crippen LogP contribution is -2.09. The number of nitriles is 1. The molecule has 0 aromatic heterocycles. The summed E-state index contributed by atoms with van der Waals surface area (Å²) in [6, 6.07) is 13.1. The summed E-state index contributed by atoms with van der Waals surface area (Å²) in [7, 11) is 0. The van der Waals surface area contributed by atoms with Gasteiger partial charge in [0.05, 0.1) is 16.6 Å². The molecule has 2 aromatic rings. The van der Waals surface area contributed by atoms with Crippen LogP contribution in [0.3, 0.4) is 0 Å². The Morgan fingerprint density at radius 3 is 2.73 bits per heavy atom. The number of nitro groups is 1. The third-order valence-corrected chi connectivity index (χ3v) is 3.07. The second kappa shape index (κ2) is 6.50. The van der Waals surface area contributed by atoms with Gasteiger partial charge in [-0.05, 0) is 30.7 Å². The number of para-hydroxylation sites is 1. The number of rotatable bonds is 4. The Labute approximate surface area is 126 Å². The van der Waals surface area contributed by atoms with E-state index in [0.717, 1.165) is 0 Å². The molecule has 110 valence electrons. The van der Waals surface area contributed by atoms with Crippen LogP contribution in [0.4, 0.5) is 5.69 Å². The molecule has 6 heteroatoms. The Kier molecular flexibility index (Phi) is 4.49. The molecule has 0 fully saturated rings. The van der Waals surface area contributed by atoms with Crippen molar-refractivity contribution in [2.24, 2.45) is 0 Å². The predicted molar refractivity (Wildman–Crippen MR) is 78.1 cm³/mol. The number of nitro benzene ring substituents is 1. The van der Waals surface area contributed by atoms with E-state index >= 15 is 0 Å². The summed E-state index contributed by atoms with van der Waals surface area (Å²) in [5.41, 5.74) is 1.16. The molecule has 2 rings (SSSR count). The van der Waals surface area contributed by atoms with Crippen molar-refractivity contribution >= 4 is 11.7 Å². The van der Waals surface area contributed by atoms with Gasteiger partial charge in [0, 0.05) is 5.56 Å². The standard InChI is InChI=1S/C16H12N2O4/c1-11-4-2-7-14(15(11)18(20)21)16(19)22-10-13-6-3-5-12(8-13)9-17/h2-8H,10H2,1H3. The van der Waals surface area contributed by atoms with Gasteiger partial charge < -0.3 is 4.74 Å². The molecule has 0 radical (unpaired) electrons. The summed E-state index contributed by atoms with van der Waals surface area (Å²) in [5.74, 6) is -0.766. The lowest BCUT2D eigenvalue weighted by Gasteiger charge is -2.07. The first-order chi connectivity index (χ1) is 10.5. The first-order valence-corrected chi connectivity index (χ1v) is 6.43. The van der Waals surface area contributed by atoms with E-state index in [1.807, 2.05) is 6.07 Å². The zero-order chi connectivity index (χ0) is 16.1. The van der Waals surface area contributed by atoms with Crippen molar-refractivity contribution in [3.63, 3.8) is 0 Å². The number of hydrogen-bond acceptors (Lipinski definition) is 5. The minimum absolute atomic E-state index is 0.0561. The third-order valence-electron chi connectivity index (χ3n) is 3.07. The maximum atomic E-state index is 12.1. The molecular formula is C16H12N2O4. The number of ether oxygens (including phenoxy) is 1. The Hall–Kier alpha value is -3.20. The number of hydrogen-bond donors (Lipinski definition) is 0. The second-order valence-corrected chi connectivity index (χ2v) is 4.62. The minimum atomic E-state index is -0.766. The lowest BCUT2D eigenvalue weighted by atomic mass is 10.1. The van der Waals surface area contributed by atoms with E-state index in [1.54, 1.807) is 43.3 Å². The van der Waals surface area contributed by atoms with E-state index in [2.05, 4.69) is 0 Å². The fourth-order valence-corrected chi connectivity index (χ4v) is 2.02. The molecule has 0 aliphatic carbocycles. The molecule has 0 atom stereocenters. The van der Waals surface area contributed by atoms with Gasteiger partial charge in [-0.1, -0.05) is 24.3 Å². The molecule has 0 unspecified atom stereocenters. The smallest absolute Gasteiger partial charge is 0.345 e. The van der Waals surface area contributed by atoms with E-state index in [1.165, 1.54) is 6.07 Å². The van der Waals surface area contributed by atoms with Gasteiger partial charge in [-0.25, -0.2) is 4.79 Å². The van der Waals surface area contributed by atoms with Gasteiger partial charge in [-0.3, -0.25) is 10.1 Å². The molecule has 0 aliphatic heterocycles. The van der Waals surface area contributed by atoms with Crippen LogP contribution in [0.5, 0.6) is 0 Å². The average molecular weight is 296 g/mol. The summed E-state index contributed by atoms with van der Waals surface area (Å²) in [5, 5.41) is 19.9. The highest BCUT2D eigenvalue weighted by molar-refractivity contribution is 5.94. The van der Waals surface area contributed by atoms with Crippen LogP contribution in [0.25, 0.3) is 0 Å². The molecule has 0 spiro atoms. The highest BCUT2D eigenvalue weighted by atomic mass is 16.6. The number of benzene rings is 2. The van der Waals surface area contributed by atoms with Gasteiger partial charge in [-0.2, -0.15) is 5.26 Å². The minimum Gasteiger partial charge on any atom is -0.457 e. The Morgan fingerprint density at radius 2 is 2.05 bits per heavy atom. The average Bonchev–Trinajstić information content (AvgIpc) is 2.52. The van der Waals surface area contributed by atoms with Crippen molar-refractivity contribution in [3.05, 3.63) is 74.8 Å². The summed E-state index contributed by atoms with van der Waals surface area (Å²) in [4.78, 5) is 22.5. The summed E-state index contributed by atoms with van der Waals surface area (Å²) < 4.78 is 5.11. The van der Waals surface area contributed by atoms with Crippen molar-refractivity contribution in [2.75, 3.05) is 0 Å². The largest absolute Gasteiger partial charge is 0.457 e. The molecule has 6 nitrogen and oxygen atoms in total. The van der Waals surface area contributed by atoms with Gasteiger partial charge in [-0.15, -0.1) is 0 Å². The van der Waals surface area contributed by atoms with Gasteiger partial charge >= 0.3 is 5.97 Å². The van der Waals surface area contributed by atoms with Crippen LogP contribution >= 0.6 is 0 Å². The molecule has 2 aromatic carbocycles. The molecule has 0 heterocycles. The number of nitrogens with zero attached hydrogens (tertiary/aromatic N) is 2. The maximum absolute atomic E-state index is 12.1. The predicted octanol–water partition coefficient (Wildman–Crippen LogP) is 3.13. The third kappa shape index (κ3) is 3.27. The van der Waals surface area contributed by atoms with Crippen LogP contribution in [0.2, 0.25) is 0 Å². The lowest BCUT2D eigenvalue weighted by molar-refractivity contribution is -0.385. The van der Waals surface area contributed by atoms with Crippen LogP contribution < -0.4 is 0 Å². The number of esters is 1. The van der Waals surface area contributed by atoms with Crippen LogP contribution in [0, 0.1) is 28.4 Å². The SMILES string of the molecule is Cc1cccc(C(=O)OCc2cccc(C#N)c2)c1[N+](=O)[O-]. The van der Waals surface area contributed by atoms with Crippen molar-refractivity contribution in [1.29, 1.82) is 5.26 Å². The van der Waals surface area contributed by atoms with E-state index in [9.17, 15) is 14.9 Å². The van der Waals surface area contributed by atoms with Crippen LogP contribution in [-0.4, -0.2) is 10.9 Å². The summed E-state index contributed by atoms with van der Waals surface area (Å²) in [6.07, 6.45) is 0. The van der Waals surface area contributed by atoms with Gasteiger partial charge in [0.15, 0.2) is 0 Å². The van der Waals surface area contributed by atoms with Crippen molar-refractivity contribution in [3.8, 4) is 6.07 Å². The fourth-order valence-electron chi connectivity index (χ4n) is 2.02. The van der Waals surface area contributed by atoms with Gasteiger partial charge in [0.2, 0.25) is 0 Å². The van der Waals surface area contributed by atoms with Crippen LogP contribution in [-0.2, 0) is 11.3 Å². The Balaban J connectivity index is 2.18. The Morgan fingerprint density at radius 1 is 1.32 bits per heavy atom. The monoisotopic (exact) mass is 296 g/mol. The molecule has 0 bridgehead atoms. The van der Waals surface area contributed by atoms with Crippen molar-refractivity contribution in [1.82, 2.24) is 0 Å². The van der Waals surface area contributed by atoms with Crippen molar-refractivity contribution < 1.29 is 14.5 Å². The maximum Gasteiger partial charge on any atom is 0.345 e. The zero-order valence-electron chi connectivity index (χ0n) is 11.8. The quantitative estimate of drug-likeness (QED) is 0.491. The molecule has 0 N–H and O–H groups in total. The number of aryl methyl sites for hydroxylation is 1. The molecular weight excluding hydrogens is 284 g/mol. The number of carbonyl (C=O) groups excluding carboxylic acids is 1. The van der Waals surface area contributed by atoms with E-state index < -0.39 is 10.9 Å². The molecule has 0 amide bonds. The van der Waals surface area contributed by atoms with E-state index in [-0.39, 0.29) is 17.9 Å². The first kappa shape index (κ1) is 15.2. The normalized spacial score (nSPS) is 9.82. The highest BCUT2D eigenvalue weighted by Crippen LogP contribution is 2.24. The zero-order valence-corrected chi connectivity index (χ0v) is 11.8. The summed E-state index contributed by atoms with van der Waals surface area (Å²) >= 11 is 0. The number of carbonyl (C=O) groups is 1. The highest BCUT2D eigenvalue weighted by Gasteiger charge is 2.23. The molecule has 0 aliphatic rings. The van der Waals surface area contributed by atoms with Crippen LogP contribution in [0.15, 0.2) is 42.5 Å². The fraction of sp³-hybridized carbons (Fsp3) is 0.125. The van der Waals surface area contributed by atoms with Crippen molar-refractivity contribution in [2.45, 2.75) is 13.5 Å². The summed E-state index contributed by atoms with van der Waals surface area (Å²) in [6.45, 7) is 1.50. The van der Waals surface area contributed by atoms with Crippen LogP contribution in [0.1, 0.15) is 27.0 Å². The molecule has 0 saturated heterocycles. The van der Waals surface area contributed by atoms with E-state index in [0.29, 0.717) is 16.7 Å². The first-order valence-electron chi connectivity index (χ1n) is 6.43. The van der Waals surface area contributed by atoms with E-state index in [4.69, 9.17) is 10.00 Å². The van der Waals surface area contributed by atoms with Gasteiger partial charge in [0.25, 0.3) is 5.69 Å². The Bertz CT molecular complexity index is 778. The second-order valence-electron chi connectivity index (χ2n) is 4.62.